The first-order valence-corrected chi connectivity index (χ1v) is 10.7. The van der Waals surface area contributed by atoms with E-state index < -0.39 is 27.4 Å². The van der Waals surface area contributed by atoms with Gasteiger partial charge in [0.1, 0.15) is 5.60 Å². The van der Waals surface area contributed by atoms with E-state index in [0.717, 1.165) is 5.69 Å². The topological polar surface area (TPSA) is 104 Å². The molecule has 2 aliphatic rings. The van der Waals surface area contributed by atoms with Crippen molar-refractivity contribution in [2.75, 3.05) is 36.6 Å². The largest absolute Gasteiger partial charge is 0.480 e. The summed E-state index contributed by atoms with van der Waals surface area (Å²) in [6, 6.07) is 8.28. The van der Waals surface area contributed by atoms with Crippen LogP contribution in [0.25, 0.3) is 0 Å². The van der Waals surface area contributed by atoms with Crippen LogP contribution in [-0.2, 0) is 24.2 Å². The van der Waals surface area contributed by atoms with Crippen molar-refractivity contribution in [2.45, 2.75) is 30.5 Å². The molecule has 0 spiro atoms. The van der Waals surface area contributed by atoms with Crippen LogP contribution in [0.1, 0.15) is 12.8 Å². The highest BCUT2D eigenvalue weighted by Crippen LogP contribution is 2.35. The van der Waals surface area contributed by atoms with Crippen molar-refractivity contribution < 1.29 is 27.9 Å². The summed E-state index contributed by atoms with van der Waals surface area (Å²) < 4.78 is 28.7. The van der Waals surface area contributed by atoms with E-state index in [9.17, 15) is 23.1 Å². The third kappa shape index (κ3) is 3.79. The number of carboxylic acid groups (broad SMARTS) is 1. The Balaban J connectivity index is 1.75. The van der Waals surface area contributed by atoms with Crippen LogP contribution in [0.3, 0.4) is 0 Å². The number of anilines is 1. The number of carbonyl (C=O) groups is 2. The van der Waals surface area contributed by atoms with E-state index >= 15 is 0 Å². The second kappa shape index (κ2) is 7.47. The van der Waals surface area contributed by atoms with Gasteiger partial charge >= 0.3 is 5.97 Å². The summed E-state index contributed by atoms with van der Waals surface area (Å²) in [5, 5.41) is 9.75. The molecule has 9 heteroatoms. The smallest absolute Gasteiger partial charge is 0.329 e. The molecular formula is C18H24N2O6S. The molecule has 0 aromatic heterocycles. The highest BCUT2D eigenvalue weighted by Gasteiger charge is 2.59. The third-order valence-electron chi connectivity index (χ3n) is 5.49. The van der Waals surface area contributed by atoms with Crippen molar-refractivity contribution >= 4 is 27.9 Å². The Hall–Kier alpha value is -2.13. The molecule has 1 aromatic rings. The number of carboxylic acids is 1. The van der Waals surface area contributed by atoms with Crippen LogP contribution in [0.15, 0.2) is 30.3 Å². The second-order valence-electron chi connectivity index (χ2n) is 7.15. The van der Waals surface area contributed by atoms with Crippen LogP contribution in [0.2, 0.25) is 0 Å². The molecule has 0 bridgehead atoms. The zero-order valence-corrected chi connectivity index (χ0v) is 16.0. The van der Waals surface area contributed by atoms with Gasteiger partial charge in [-0.3, -0.25) is 4.79 Å². The minimum atomic E-state index is -3.34. The summed E-state index contributed by atoms with van der Waals surface area (Å²) in [6.45, 7) is 1.37. The van der Waals surface area contributed by atoms with Gasteiger partial charge in [0.15, 0.2) is 15.9 Å². The molecule has 1 amide bonds. The number of piperidine rings is 1. The summed E-state index contributed by atoms with van der Waals surface area (Å²) in [6.07, 6.45) is 1.72. The van der Waals surface area contributed by atoms with E-state index in [-0.39, 0.29) is 17.5 Å². The lowest BCUT2D eigenvalue weighted by molar-refractivity contribution is -0.162. The van der Waals surface area contributed by atoms with Gasteiger partial charge < -0.3 is 19.6 Å². The molecule has 1 unspecified atom stereocenters. The number of benzene rings is 1. The highest BCUT2D eigenvalue weighted by atomic mass is 32.2. The Morgan fingerprint density at radius 3 is 2.33 bits per heavy atom. The van der Waals surface area contributed by atoms with E-state index in [1.54, 1.807) is 0 Å². The van der Waals surface area contributed by atoms with Crippen molar-refractivity contribution in [3.8, 4) is 0 Å². The van der Waals surface area contributed by atoms with Crippen LogP contribution >= 0.6 is 0 Å². The molecule has 2 heterocycles. The summed E-state index contributed by atoms with van der Waals surface area (Å²) in [5.74, 6) is -2.02. The van der Waals surface area contributed by atoms with Gasteiger partial charge in [-0.05, 0) is 25.0 Å². The first-order chi connectivity index (χ1) is 12.8. The SMILES string of the molecule is COC1(C(C(=O)O)N(C=O)C2CCN(c3ccccc3)CC2)CS(=O)(=O)C1. The molecule has 0 radical (unpaired) electrons. The molecule has 3 rings (SSSR count). The quantitative estimate of drug-likeness (QED) is 0.665. The van der Waals surface area contributed by atoms with Crippen molar-refractivity contribution in [3.63, 3.8) is 0 Å². The van der Waals surface area contributed by atoms with Crippen LogP contribution in [-0.4, -0.2) is 80.2 Å². The maximum absolute atomic E-state index is 12.0. The number of nitrogens with zero attached hydrogens (tertiary/aromatic N) is 2. The zero-order chi connectivity index (χ0) is 19.7. The van der Waals surface area contributed by atoms with Crippen molar-refractivity contribution in [1.82, 2.24) is 4.90 Å². The first kappa shape index (κ1) is 19.6. The maximum Gasteiger partial charge on any atom is 0.329 e. The Morgan fingerprint density at radius 2 is 1.89 bits per heavy atom. The number of sulfone groups is 1. The molecule has 148 valence electrons. The minimum absolute atomic E-state index is 0.279. The molecule has 1 aromatic carbocycles. The molecule has 8 nitrogen and oxygen atoms in total. The lowest BCUT2D eigenvalue weighted by atomic mass is 9.92. The fourth-order valence-electron chi connectivity index (χ4n) is 4.13. The molecule has 27 heavy (non-hydrogen) atoms. The number of methoxy groups -OCH3 is 1. The van der Waals surface area contributed by atoms with Crippen molar-refractivity contribution in [2.24, 2.45) is 0 Å². The first-order valence-electron chi connectivity index (χ1n) is 8.83. The van der Waals surface area contributed by atoms with Gasteiger partial charge in [0, 0.05) is 31.9 Å². The number of ether oxygens (including phenoxy) is 1. The predicted octanol–water partition coefficient (Wildman–Crippen LogP) is 0.381. The van der Waals surface area contributed by atoms with Gasteiger partial charge in [0.25, 0.3) is 0 Å². The molecule has 2 saturated heterocycles. The fraction of sp³-hybridized carbons (Fsp3) is 0.556. The lowest BCUT2D eigenvalue weighted by Crippen LogP contribution is -2.71. The summed E-state index contributed by atoms with van der Waals surface area (Å²) in [5.41, 5.74) is -0.302. The number of hydrogen-bond donors (Lipinski definition) is 1. The van der Waals surface area contributed by atoms with E-state index in [2.05, 4.69) is 4.90 Å². The number of carbonyl (C=O) groups excluding carboxylic acids is 1. The lowest BCUT2D eigenvalue weighted by Gasteiger charge is -2.49. The van der Waals surface area contributed by atoms with Gasteiger partial charge in [-0.2, -0.15) is 0 Å². The van der Waals surface area contributed by atoms with Gasteiger partial charge in [0.05, 0.1) is 11.5 Å². The Kier molecular flexibility index (Phi) is 5.43. The van der Waals surface area contributed by atoms with Gasteiger partial charge in [-0.15, -0.1) is 0 Å². The number of amides is 1. The highest BCUT2D eigenvalue weighted by molar-refractivity contribution is 7.93. The van der Waals surface area contributed by atoms with Gasteiger partial charge in [-0.25, -0.2) is 13.2 Å². The zero-order valence-electron chi connectivity index (χ0n) is 15.2. The Morgan fingerprint density at radius 1 is 1.30 bits per heavy atom. The Bertz CT molecular complexity index is 777. The average Bonchev–Trinajstić information content (AvgIpc) is 2.64. The van der Waals surface area contributed by atoms with E-state index in [1.807, 2.05) is 30.3 Å². The van der Waals surface area contributed by atoms with Crippen LogP contribution in [0.4, 0.5) is 5.69 Å². The minimum Gasteiger partial charge on any atom is -0.480 e. The molecular weight excluding hydrogens is 372 g/mol. The molecule has 0 aliphatic carbocycles. The van der Waals surface area contributed by atoms with Crippen molar-refractivity contribution in [1.29, 1.82) is 0 Å². The standard InChI is InChI=1S/C18H24N2O6S/c1-26-18(11-27(24,25)12-18)16(17(22)23)20(13-21)15-7-9-19(10-8-15)14-5-3-2-4-6-14/h2-6,13,15-16H,7-12H2,1H3,(H,22,23). The number of hydrogen-bond acceptors (Lipinski definition) is 6. The molecule has 1 atom stereocenters. The van der Waals surface area contributed by atoms with E-state index in [1.165, 1.54) is 12.0 Å². The normalized spacial score (nSPS) is 22.5. The van der Waals surface area contributed by atoms with E-state index in [4.69, 9.17) is 4.74 Å². The number of rotatable bonds is 7. The van der Waals surface area contributed by atoms with Crippen molar-refractivity contribution in [3.05, 3.63) is 30.3 Å². The molecule has 2 fully saturated rings. The van der Waals surface area contributed by atoms with Gasteiger partial charge in [0.2, 0.25) is 6.41 Å². The molecule has 1 N–H and O–H groups in total. The predicted molar refractivity (Wildman–Crippen MR) is 99.4 cm³/mol. The fourth-order valence-corrected chi connectivity index (χ4v) is 6.09. The van der Waals surface area contributed by atoms with Crippen LogP contribution in [0.5, 0.6) is 0 Å². The van der Waals surface area contributed by atoms with Crippen LogP contribution < -0.4 is 4.90 Å². The summed E-state index contributed by atoms with van der Waals surface area (Å²) in [7, 11) is -2.04. The molecule has 2 aliphatic heterocycles. The van der Waals surface area contributed by atoms with Crippen LogP contribution in [0, 0.1) is 0 Å². The summed E-state index contributed by atoms with van der Waals surface area (Å²) in [4.78, 5) is 27.2. The van der Waals surface area contributed by atoms with E-state index in [0.29, 0.717) is 32.3 Å². The average molecular weight is 396 g/mol. The number of para-hydroxylation sites is 1. The summed E-state index contributed by atoms with van der Waals surface area (Å²) >= 11 is 0. The Labute approximate surface area is 158 Å². The monoisotopic (exact) mass is 396 g/mol. The van der Waals surface area contributed by atoms with Gasteiger partial charge in [-0.1, -0.05) is 18.2 Å². The maximum atomic E-state index is 12.0. The molecule has 0 saturated carbocycles. The third-order valence-corrected chi connectivity index (χ3v) is 7.35. The second-order valence-corrected chi connectivity index (χ2v) is 9.21. The number of aliphatic carboxylic acids is 1.